The Hall–Kier alpha value is -1.80. The zero-order valence-corrected chi connectivity index (χ0v) is 25.4. The SMILES string of the molecule is CCN1C[C@]2(COC)CC[C@H](OC(=O)c3ccc(C(F)(F)F)cc3)[C@]34C1[C@@](O)([C@@H](OC)[C@H]23)[C@@]1(O)C[C@H](OC)[C@H]2C[C@@H]4[C@@H]1[C@H]2O. The number of aliphatic hydroxyl groups excluding tert-OH is 1. The van der Waals surface area contributed by atoms with E-state index in [9.17, 15) is 33.3 Å². The van der Waals surface area contributed by atoms with Gasteiger partial charge in [0.25, 0.3) is 0 Å². The van der Waals surface area contributed by atoms with Crippen molar-refractivity contribution in [3.63, 3.8) is 0 Å². The van der Waals surface area contributed by atoms with Gasteiger partial charge in [-0.3, -0.25) is 4.90 Å². The second-order valence-corrected chi connectivity index (χ2v) is 14.2. The van der Waals surface area contributed by atoms with Crippen molar-refractivity contribution in [2.24, 2.45) is 34.5 Å². The van der Waals surface area contributed by atoms with Gasteiger partial charge in [-0.25, -0.2) is 4.79 Å². The van der Waals surface area contributed by atoms with Crippen LogP contribution in [0.15, 0.2) is 24.3 Å². The summed E-state index contributed by atoms with van der Waals surface area (Å²) in [5.74, 6) is -2.51. The zero-order valence-electron chi connectivity index (χ0n) is 25.4. The van der Waals surface area contributed by atoms with E-state index in [4.69, 9.17) is 18.9 Å². The van der Waals surface area contributed by atoms with Gasteiger partial charge in [0.2, 0.25) is 0 Å². The van der Waals surface area contributed by atoms with Gasteiger partial charge >= 0.3 is 12.1 Å². The highest BCUT2D eigenvalue weighted by atomic mass is 19.4. The van der Waals surface area contributed by atoms with Crippen LogP contribution in [0.5, 0.6) is 0 Å². The molecular formula is C32H42F3NO8. The molecule has 1 unspecified atom stereocenters. The number of hydrogen-bond acceptors (Lipinski definition) is 9. The lowest BCUT2D eigenvalue weighted by molar-refractivity contribution is -0.317. The Balaban J connectivity index is 1.41. The number of halogens is 3. The number of esters is 1. The van der Waals surface area contributed by atoms with Gasteiger partial charge in [-0.1, -0.05) is 6.92 Å². The van der Waals surface area contributed by atoms with E-state index in [1.165, 1.54) is 7.11 Å². The fraction of sp³-hybridized carbons (Fsp3) is 0.781. The maximum absolute atomic E-state index is 13.7. The van der Waals surface area contributed by atoms with Gasteiger partial charge < -0.3 is 34.3 Å². The first-order valence-corrected chi connectivity index (χ1v) is 15.6. The molecule has 5 saturated carbocycles. The lowest BCUT2D eigenvalue weighted by atomic mass is 9.42. The highest BCUT2D eigenvalue weighted by Gasteiger charge is 2.91. The third-order valence-corrected chi connectivity index (χ3v) is 12.9. The average molecular weight is 626 g/mol. The van der Waals surface area contributed by atoms with Crippen LogP contribution in [-0.4, -0.2) is 109 Å². The van der Waals surface area contributed by atoms with E-state index >= 15 is 0 Å². The molecule has 1 aliphatic heterocycles. The highest BCUT2D eigenvalue weighted by molar-refractivity contribution is 5.89. The fourth-order valence-corrected chi connectivity index (χ4v) is 11.8. The molecule has 0 radical (unpaired) electrons. The summed E-state index contributed by atoms with van der Waals surface area (Å²) in [6.45, 7) is 3.48. The van der Waals surface area contributed by atoms with E-state index in [1.54, 1.807) is 14.2 Å². The van der Waals surface area contributed by atoms with Crippen LogP contribution < -0.4 is 0 Å². The summed E-state index contributed by atoms with van der Waals surface area (Å²) in [6, 6.07) is 3.29. The minimum atomic E-state index is -4.54. The lowest BCUT2D eigenvalue weighted by Gasteiger charge is -2.69. The average Bonchev–Trinajstić information content (AvgIpc) is 3.36. The molecule has 1 heterocycles. The Morgan fingerprint density at radius 1 is 1.11 bits per heavy atom. The molecule has 1 aromatic rings. The molecule has 0 aromatic heterocycles. The van der Waals surface area contributed by atoms with Crippen LogP contribution in [-0.2, 0) is 25.1 Å². The summed E-state index contributed by atoms with van der Waals surface area (Å²) in [6.07, 6.45) is -5.98. The topological polar surface area (TPSA) is 118 Å². The van der Waals surface area contributed by atoms with Crippen molar-refractivity contribution < 1.29 is 52.2 Å². The van der Waals surface area contributed by atoms with E-state index in [2.05, 4.69) is 4.90 Å². The molecule has 0 amide bonds. The summed E-state index contributed by atoms with van der Waals surface area (Å²) in [4.78, 5) is 15.9. The molecule has 5 aliphatic carbocycles. The van der Waals surface area contributed by atoms with Crippen LogP contribution >= 0.6 is 0 Å². The Labute approximate surface area is 254 Å². The Morgan fingerprint density at radius 3 is 2.41 bits per heavy atom. The van der Waals surface area contributed by atoms with E-state index < -0.39 is 82.0 Å². The van der Waals surface area contributed by atoms with Crippen molar-refractivity contribution >= 4 is 5.97 Å². The normalized spacial score (nSPS) is 48.8. The number of carbonyl (C=O) groups excluding carboxylic acids is 1. The number of benzene rings is 1. The van der Waals surface area contributed by atoms with Crippen molar-refractivity contribution in [3.8, 4) is 0 Å². The van der Waals surface area contributed by atoms with Gasteiger partial charge in [-0.15, -0.1) is 0 Å². The number of carbonyl (C=O) groups is 1. The van der Waals surface area contributed by atoms with Crippen LogP contribution in [0.3, 0.4) is 0 Å². The van der Waals surface area contributed by atoms with Crippen LogP contribution in [0.1, 0.15) is 48.5 Å². The number of ether oxygens (including phenoxy) is 4. The van der Waals surface area contributed by atoms with Gasteiger partial charge in [0.15, 0.2) is 0 Å². The molecule has 9 nitrogen and oxygen atoms in total. The first-order valence-electron chi connectivity index (χ1n) is 15.6. The second kappa shape index (κ2) is 9.85. The first kappa shape index (κ1) is 30.8. The van der Waals surface area contributed by atoms with Crippen LogP contribution in [0.4, 0.5) is 13.2 Å². The molecule has 13 atom stereocenters. The number of fused-ring (bicyclic) bond motifs is 2. The second-order valence-electron chi connectivity index (χ2n) is 14.2. The predicted molar refractivity (Wildman–Crippen MR) is 148 cm³/mol. The number of rotatable bonds is 7. The summed E-state index contributed by atoms with van der Waals surface area (Å²) >= 11 is 0. The number of methoxy groups -OCH3 is 3. The third kappa shape index (κ3) is 3.48. The standard InChI is InChI=1S/C32H42F3NO8/c1-5-36-14-28(15-41-2)11-10-21(44-26(38)16-6-8-17(9-7-16)32(33,34)35)30-19-12-18-20(42-3)13-29(39,22(19)23(18)37)31(40,27(30)36)25(43-4)24(28)30/h6-9,18-25,27,37,39-40H,5,10-15H2,1-4H3/t18-,19-,20+,21+,22-,23+,24-,25+,27?,28+,29-,30+,31+/m1/s1. The fourth-order valence-electron chi connectivity index (χ4n) is 11.8. The van der Waals surface area contributed by atoms with Gasteiger partial charge in [-0.05, 0) is 56.0 Å². The quantitative estimate of drug-likeness (QED) is 0.393. The van der Waals surface area contributed by atoms with Crippen molar-refractivity contribution in [2.45, 2.75) is 80.4 Å². The zero-order chi connectivity index (χ0) is 31.6. The Morgan fingerprint density at radius 2 is 1.82 bits per heavy atom. The summed E-state index contributed by atoms with van der Waals surface area (Å²) in [5.41, 5.74) is -5.93. The van der Waals surface area contributed by atoms with E-state index in [1.807, 2.05) is 6.92 Å². The number of nitrogens with zero attached hydrogens (tertiary/aromatic N) is 1. The predicted octanol–water partition coefficient (Wildman–Crippen LogP) is 2.50. The summed E-state index contributed by atoms with van der Waals surface area (Å²) in [7, 11) is 4.71. The molecule has 1 spiro atoms. The third-order valence-electron chi connectivity index (χ3n) is 12.9. The Kier molecular flexibility index (Phi) is 6.91. The molecule has 1 aromatic carbocycles. The van der Waals surface area contributed by atoms with E-state index in [-0.39, 0.29) is 23.8 Å². The summed E-state index contributed by atoms with van der Waals surface area (Å²) < 4.78 is 64.0. The van der Waals surface area contributed by atoms with Crippen molar-refractivity contribution in [3.05, 3.63) is 35.4 Å². The molecular weight excluding hydrogens is 583 g/mol. The van der Waals surface area contributed by atoms with Crippen molar-refractivity contribution in [2.75, 3.05) is 41.0 Å². The molecule has 6 aliphatic rings. The molecule has 1 saturated heterocycles. The minimum absolute atomic E-state index is 0.00542. The van der Waals surface area contributed by atoms with Crippen molar-refractivity contribution in [1.29, 1.82) is 0 Å². The molecule has 7 rings (SSSR count). The number of alkyl halides is 3. The number of piperidine rings is 1. The van der Waals surface area contributed by atoms with Crippen LogP contribution in [0, 0.1) is 34.5 Å². The number of likely N-dealkylation sites (tertiary alicyclic amines) is 1. The largest absolute Gasteiger partial charge is 0.458 e. The van der Waals surface area contributed by atoms with Crippen LogP contribution in [0.25, 0.3) is 0 Å². The van der Waals surface area contributed by atoms with Gasteiger partial charge in [0.1, 0.15) is 17.3 Å². The van der Waals surface area contributed by atoms with E-state index in [0.29, 0.717) is 39.0 Å². The number of aliphatic hydroxyl groups is 3. The Bertz CT molecular complexity index is 1310. The van der Waals surface area contributed by atoms with Gasteiger partial charge in [0, 0.05) is 62.9 Å². The lowest BCUT2D eigenvalue weighted by Crippen LogP contribution is -2.82. The monoisotopic (exact) mass is 625 g/mol. The van der Waals surface area contributed by atoms with E-state index in [0.717, 1.165) is 24.3 Å². The van der Waals surface area contributed by atoms with Crippen molar-refractivity contribution in [1.82, 2.24) is 4.90 Å². The summed E-state index contributed by atoms with van der Waals surface area (Å²) in [5, 5.41) is 37.8. The maximum Gasteiger partial charge on any atom is 0.416 e. The van der Waals surface area contributed by atoms with Gasteiger partial charge in [-0.2, -0.15) is 13.2 Å². The number of likely N-dealkylation sites (N-methyl/N-ethyl adjacent to an activating group) is 1. The van der Waals surface area contributed by atoms with Crippen LogP contribution in [0.2, 0.25) is 0 Å². The molecule has 44 heavy (non-hydrogen) atoms. The molecule has 3 N–H and O–H groups in total. The molecule has 244 valence electrons. The first-order chi connectivity index (χ1) is 20.8. The molecule has 6 fully saturated rings. The van der Waals surface area contributed by atoms with Gasteiger partial charge in [0.05, 0.1) is 42.1 Å². The highest BCUT2D eigenvalue weighted by Crippen LogP contribution is 2.80. The number of hydrogen-bond donors (Lipinski definition) is 3. The smallest absolute Gasteiger partial charge is 0.416 e. The minimum Gasteiger partial charge on any atom is -0.458 e. The maximum atomic E-state index is 13.7. The molecule has 12 heteroatoms. The molecule has 7 bridgehead atoms.